The molecule has 6 rings (SSSR count). The van der Waals surface area contributed by atoms with Crippen molar-refractivity contribution in [2.24, 2.45) is 0 Å². The van der Waals surface area contributed by atoms with Gasteiger partial charge in [-0.15, -0.1) is 0 Å². The summed E-state index contributed by atoms with van der Waals surface area (Å²) in [4.78, 5) is 45.8. The van der Waals surface area contributed by atoms with Crippen molar-refractivity contribution < 1.29 is 54.2 Å². The number of aromatic nitrogens is 2. The minimum absolute atomic E-state index is 0.00211. The van der Waals surface area contributed by atoms with Crippen molar-refractivity contribution in [3.05, 3.63) is 155 Å². The van der Waals surface area contributed by atoms with E-state index in [0.717, 1.165) is 54.6 Å². The number of nitrogens with one attached hydrogen (secondary N) is 1. The molecule has 0 radical (unpaired) electrons. The molecule has 0 aliphatic rings. The number of hydrogen-bond donors (Lipinski definition) is 1. The molecule has 2 heterocycles. The maximum Gasteiger partial charge on any atom is 0.420 e. The van der Waals surface area contributed by atoms with Crippen LogP contribution in [0.1, 0.15) is 55.3 Å². The predicted octanol–water partition coefficient (Wildman–Crippen LogP) is 11.8. The lowest BCUT2D eigenvalue weighted by atomic mass is 10.0. The van der Waals surface area contributed by atoms with Gasteiger partial charge in [0.1, 0.15) is 75.1 Å². The van der Waals surface area contributed by atoms with E-state index in [2.05, 4.69) is 15.3 Å². The summed E-state index contributed by atoms with van der Waals surface area (Å²) < 4.78 is 117. The second-order valence-electron chi connectivity index (χ2n) is 13.6. The van der Waals surface area contributed by atoms with E-state index in [-0.39, 0.29) is 51.1 Å². The number of anilines is 4. The zero-order valence-electron chi connectivity index (χ0n) is 31.7. The number of ketones is 2. The largest absolute Gasteiger partial charge is 0.443 e. The molecule has 6 aromatic rings. The summed E-state index contributed by atoms with van der Waals surface area (Å²) >= 11 is 0. The number of Topliss-reactive ketones (excluding diaryl/α,β-unsaturated/α-hetero) is 2. The van der Waals surface area contributed by atoms with Crippen LogP contribution in [-0.4, -0.2) is 33.2 Å². The van der Waals surface area contributed by atoms with Crippen molar-refractivity contribution in [3.63, 3.8) is 0 Å². The van der Waals surface area contributed by atoms with Gasteiger partial charge < -0.3 is 10.1 Å². The van der Waals surface area contributed by atoms with Crippen molar-refractivity contribution in [2.45, 2.75) is 40.2 Å². The number of hydrogen-bond acceptors (Lipinski definition) is 7. The molecular formula is C43H32F8N4O4. The number of carbonyl (C=O) groups excluding carboxylic acids is 3. The number of para-hydroxylation sites is 2. The van der Waals surface area contributed by atoms with E-state index in [4.69, 9.17) is 4.74 Å². The first-order valence-electron chi connectivity index (χ1n) is 17.4. The van der Waals surface area contributed by atoms with E-state index in [1.54, 1.807) is 20.8 Å². The quantitative estimate of drug-likeness (QED) is 0.120. The van der Waals surface area contributed by atoms with Crippen LogP contribution >= 0.6 is 0 Å². The third kappa shape index (κ3) is 10.1. The summed E-state index contributed by atoms with van der Waals surface area (Å²) in [7, 11) is 0. The fourth-order valence-corrected chi connectivity index (χ4v) is 5.50. The second kappa shape index (κ2) is 17.7. The predicted molar refractivity (Wildman–Crippen MR) is 204 cm³/mol. The van der Waals surface area contributed by atoms with Crippen molar-refractivity contribution in [1.29, 1.82) is 0 Å². The lowest BCUT2D eigenvalue weighted by Gasteiger charge is -2.27. The average molecular weight is 821 g/mol. The van der Waals surface area contributed by atoms with Crippen LogP contribution in [0.4, 0.5) is 62.9 Å². The maximum atomic E-state index is 14.6. The summed E-state index contributed by atoms with van der Waals surface area (Å²) in [6.45, 7) is 7.17. The Bertz CT molecular complexity index is 2560. The average Bonchev–Trinajstić information content (AvgIpc) is 3.14. The van der Waals surface area contributed by atoms with Crippen LogP contribution < -0.4 is 10.2 Å². The Morgan fingerprint density at radius 1 is 0.576 bits per heavy atom. The van der Waals surface area contributed by atoms with Crippen LogP contribution in [0, 0.1) is 46.5 Å². The molecule has 0 fully saturated rings. The highest BCUT2D eigenvalue weighted by atomic mass is 19.2. The molecule has 0 unspecified atom stereocenters. The molecule has 0 saturated heterocycles. The van der Waals surface area contributed by atoms with Crippen LogP contribution in [0.25, 0.3) is 22.5 Å². The monoisotopic (exact) mass is 820 g/mol. The minimum Gasteiger partial charge on any atom is -0.443 e. The molecule has 0 bridgehead atoms. The SMILES string of the molecule is CC(=O)c1ccc(N(C(=O)OC(C)(C)C)c2c(F)cccc2F)nc1-c1ccc(F)cc1F.CC(=O)c1ccc(Nc2c(F)cccc2F)nc1-c1ccc(F)cc1F. The van der Waals surface area contributed by atoms with Crippen LogP contribution in [0.5, 0.6) is 0 Å². The molecule has 304 valence electrons. The third-order valence-corrected chi connectivity index (χ3v) is 8.09. The van der Waals surface area contributed by atoms with Gasteiger partial charge in [0.15, 0.2) is 11.6 Å². The molecule has 0 saturated carbocycles. The first kappa shape index (κ1) is 43.2. The molecule has 4 aromatic carbocycles. The van der Waals surface area contributed by atoms with Gasteiger partial charge in [0.25, 0.3) is 0 Å². The van der Waals surface area contributed by atoms with E-state index >= 15 is 0 Å². The summed E-state index contributed by atoms with van der Waals surface area (Å²) in [5.41, 5.74) is -2.79. The Labute approximate surface area is 332 Å². The first-order valence-corrected chi connectivity index (χ1v) is 17.4. The molecule has 8 nitrogen and oxygen atoms in total. The molecule has 0 aliphatic heterocycles. The minimum atomic E-state index is -1.15. The van der Waals surface area contributed by atoms with Crippen molar-refractivity contribution >= 4 is 40.7 Å². The fraction of sp³-hybridized carbons (Fsp3) is 0.140. The van der Waals surface area contributed by atoms with Gasteiger partial charge in [0.05, 0.1) is 11.4 Å². The molecule has 59 heavy (non-hydrogen) atoms. The first-order chi connectivity index (χ1) is 27.7. The van der Waals surface area contributed by atoms with Gasteiger partial charge in [0, 0.05) is 34.4 Å². The Hall–Kier alpha value is -6.97. The maximum absolute atomic E-state index is 14.6. The van der Waals surface area contributed by atoms with Crippen LogP contribution in [0.3, 0.4) is 0 Å². The van der Waals surface area contributed by atoms with Crippen LogP contribution in [-0.2, 0) is 4.74 Å². The van der Waals surface area contributed by atoms with Gasteiger partial charge in [0.2, 0.25) is 0 Å². The van der Waals surface area contributed by atoms with Crippen molar-refractivity contribution in [1.82, 2.24) is 9.97 Å². The van der Waals surface area contributed by atoms with E-state index in [0.29, 0.717) is 17.0 Å². The van der Waals surface area contributed by atoms with Crippen LogP contribution in [0.15, 0.2) is 97.1 Å². The second-order valence-corrected chi connectivity index (χ2v) is 13.6. The number of benzene rings is 4. The number of carbonyl (C=O) groups is 3. The van der Waals surface area contributed by atoms with Gasteiger partial charge in [-0.3, -0.25) is 9.59 Å². The molecule has 1 N–H and O–H groups in total. The van der Waals surface area contributed by atoms with Crippen LogP contribution in [0.2, 0.25) is 0 Å². The zero-order valence-corrected chi connectivity index (χ0v) is 31.7. The lowest BCUT2D eigenvalue weighted by Crippen LogP contribution is -2.35. The molecule has 0 atom stereocenters. The number of halogens is 8. The van der Waals surface area contributed by atoms with E-state index in [1.807, 2.05) is 0 Å². The molecule has 2 aromatic heterocycles. The van der Waals surface area contributed by atoms with Gasteiger partial charge >= 0.3 is 6.09 Å². The zero-order chi connectivity index (χ0) is 43.3. The van der Waals surface area contributed by atoms with Gasteiger partial charge in [-0.2, -0.15) is 0 Å². The number of pyridine rings is 2. The summed E-state index contributed by atoms with van der Waals surface area (Å²) in [5.74, 6) is -8.59. The number of rotatable bonds is 8. The Morgan fingerprint density at radius 2 is 1.03 bits per heavy atom. The van der Waals surface area contributed by atoms with E-state index in [9.17, 15) is 49.5 Å². The number of amides is 1. The number of ether oxygens (including phenoxy) is 1. The molecule has 1 amide bonds. The Balaban J connectivity index is 0.000000230. The highest BCUT2D eigenvalue weighted by Crippen LogP contribution is 2.35. The topological polar surface area (TPSA) is 101 Å². The van der Waals surface area contributed by atoms with E-state index < -0.39 is 75.4 Å². The standard InChI is InChI=1S/C24H20F4N2O3.C19H12F4N2O/c1-13(31)15-10-11-20(29-21(15)16-9-8-14(25)12-19(16)28)30(23(32)33-24(2,3)4)22-17(26)6-5-7-18(22)27;1-10(26)12-7-8-17(25-19-14(21)3-2-4-15(19)22)24-18(12)13-6-5-11(20)9-16(13)23/h5-12H,1-4H3;2-9H,1H3,(H,24,25). The summed E-state index contributed by atoms with van der Waals surface area (Å²) in [6.07, 6.45) is -1.15. The lowest BCUT2D eigenvalue weighted by molar-refractivity contribution is 0.0595. The van der Waals surface area contributed by atoms with Gasteiger partial charge in [-0.1, -0.05) is 12.1 Å². The normalized spacial score (nSPS) is 11.0. The number of nitrogens with zero attached hydrogens (tertiary/aromatic N) is 3. The van der Waals surface area contributed by atoms with E-state index in [1.165, 1.54) is 44.2 Å². The van der Waals surface area contributed by atoms with Gasteiger partial charge in [-0.25, -0.2) is 54.8 Å². The Morgan fingerprint density at radius 3 is 1.49 bits per heavy atom. The van der Waals surface area contributed by atoms with Crippen molar-refractivity contribution in [2.75, 3.05) is 10.2 Å². The fourth-order valence-electron chi connectivity index (χ4n) is 5.50. The summed E-state index contributed by atoms with van der Waals surface area (Å²) in [5, 5.41) is 2.48. The molecule has 0 aliphatic carbocycles. The Kier molecular flexibility index (Phi) is 12.9. The third-order valence-electron chi connectivity index (χ3n) is 8.09. The highest BCUT2D eigenvalue weighted by Gasteiger charge is 2.31. The molecule has 0 spiro atoms. The summed E-state index contributed by atoms with van der Waals surface area (Å²) in [6, 6.07) is 16.9. The highest BCUT2D eigenvalue weighted by molar-refractivity contribution is 6.02. The van der Waals surface area contributed by atoms with Gasteiger partial charge in [-0.05, 0) is 107 Å². The smallest absolute Gasteiger partial charge is 0.420 e. The molecule has 16 heteroatoms. The molecular weight excluding hydrogens is 788 g/mol. The van der Waals surface area contributed by atoms with Crippen molar-refractivity contribution in [3.8, 4) is 22.5 Å².